The number of nitrogens with zero attached hydrogens (tertiary/aromatic N) is 2. The highest BCUT2D eigenvalue weighted by molar-refractivity contribution is 6.01. The van der Waals surface area contributed by atoms with Crippen molar-refractivity contribution in [2.24, 2.45) is 5.92 Å². The number of rotatable bonds is 5. The van der Waals surface area contributed by atoms with Crippen LogP contribution in [0.5, 0.6) is 0 Å². The maximum absolute atomic E-state index is 12.6. The molecule has 0 aliphatic carbocycles. The van der Waals surface area contributed by atoms with Crippen LogP contribution in [0, 0.1) is 12.8 Å². The van der Waals surface area contributed by atoms with Crippen LogP contribution >= 0.6 is 0 Å². The van der Waals surface area contributed by atoms with Gasteiger partial charge in [0.25, 0.3) is 5.91 Å². The number of anilines is 1. The highest BCUT2D eigenvalue weighted by Crippen LogP contribution is 2.24. The van der Waals surface area contributed by atoms with Crippen molar-refractivity contribution in [2.75, 3.05) is 25.0 Å². The van der Waals surface area contributed by atoms with Crippen molar-refractivity contribution < 1.29 is 9.59 Å². The van der Waals surface area contributed by atoms with Crippen molar-refractivity contribution >= 4 is 17.5 Å². The summed E-state index contributed by atoms with van der Waals surface area (Å²) in [5, 5.41) is 0. The lowest BCUT2D eigenvalue weighted by Crippen LogP contribution is -2.50. The van der Waals surface area contributed by atoms with E-state index in [2.05, 4.69) is 37.8 Å². The topological polar surface area (TPSA) is 40.6 Å². The molecule has 1 aliphatic heterocycles. The van der Waals surface area contributed by atoms with Gasteiger partial charge in [-0.2, -0.15) is 0 Å². The Morgan fingerprint density at radius 3 is 2.31 bits per heavy atom. The van der Waals surface area contributed by atoms with Crippen molar-refractivity contribution in [3.05, 3.63) is 77.9 Å². The molecule has 4 nitrogen and oxygen atoms in total. The van der Waals surface area contributed by atoms with Crippen LogP contribution in [0.2, 0.25) is 0 Å². The average molecular weight is 348 g/mol. The van der Waals surface area contributed by atoms with E-state index in [0.717, 1.165) is 25.2 Å². The molecule has 0 atom stereocenters. The van der Waals surface area contributed by atoms with Crippen LogP contribution in [0.25, 0.3) is 0 Å². The minimum Gasteiger partial charge on any atom is -0.338 e. The molecule has 26 heavy (non-hydrogen) atoms. The Bertz CT molecular complexity index is 803. The van der Waals surface area contributed by atoms with Gasteiger partial charge in [-0.25, -0.2) is 0 Å². The van der Waals surface area contributed by atoms with E-state index in [-0.39, 0.29) is 11.8 Å². The van der Waals surface area contributed by atoms with Gasteiger partial charge in [0.05, 0.1) is 0 Å². The number of hydrogen-bond acceptors (Lipinski definition) is 2. The van der Waals surface area contributed by atoms with Crippen LogP contribution in [0.3, 0.4) is 0 Å². The Balaban J connectivity index is 1.55. The van der Waals surface area contributed by atoms with Crippen molar-refractivity contribution in [2.45, 2.75) is 13.3 Å². The smallest absolute Gasteiger partial charge is 0.253 e. The molecule has 0 N–H and O–H groups in total. The molecule has 2 aromatic rings. The highest BCUT2D eigenvalue weighted by atomic mass is 16.2. The lowest BCUT2D eigenvalue weighted by Gasteiger charge is -2.39. The monoisotopic (exact) mass is 348 g/mol. The summed E-state index contributed by atoms with van der Waals surface area (Å²) >= 11 is 0. The zero-order chi connectivity index (χ0) is 18.7. The van der Waals surface area contributed by atoms with Crippen LogP contribution in [0.4, 0.5) is 5.69 Å². The Morgan fingerprint density at radius 1 is 1.12 bits per heavy atom. The minimum atomic E-state index is -0.175. The zero-order valence-corrected chi connectivity index (χ0v) is 15.3. The average Bonchev–Trinajstić information content (AvgIpc) is 2.64. The molecular formula is C22H24N2O2. The molecule has 1 aliphatic rings. The number of likely N-dealkylation sites (tertiary alicyclic amines) is 1. The van der Waals surface area contributed by atoms with Crippen LogP contribution in [0.15, 0.2) is 61.2 Å². The van der Waals surface area contributed by atoms with Crippen molar-refractivity contribution in [1.82, 2.24) is 4.90 Å². The Kier molecular flexibility index (Phi) is 5.21. The summed E-state index contributed by atoms with van der Waals surface area (Å²) < 4.78 is 0. The molecule has 0 bridgehead atoms. The predicted octanol–water partition coefficient (Wildman–Crippen LogP) is 3.46. The first kappa shape index (κ1) is 17.9. The SMILES string of the molecule is C=CC(=O)N(C)c1ccc(C(=O)N2CC(Cc3ccc(C)cc3)C2)cc1. The number of amides is 2. The van der Waals surface area contributed by atoms with E-state index in [0.29, 0.717) is 11.5 Å². The predicted molar refractivity (Wildman–Crippen MR) is 104 cm³/mol. The number of carbonyl (C=O) groups excluding carboxylic acids is 2. The maximum atomic E-state index is 12.6. The highest BCUT2D eigenvalue weighted by Gasteiger charge is 2.31. The van der Waals surface area contributed by atoms with Gasteiger partial charge in [-0.15, -0.1) is 0 Å². The molecule has 134 valence electrons. The molecule has 2 amide bonds. The fraction of sp³-hybridized carbons (Fsp3) is 0.273. The van der Waals surface area contributed by atoms with E-state index in [1.54, 1.807) is 31.3 Å². The molecule has 0 radical (unpaired) electrons. The Morgan fingerprint density at radius 2 is 1.73 bits per heavy atom. The van der Waals surface area contributed by atoms with Gasteiger partial charge in [0.2, 0.25) is 5.91 Å². The van der Waals surface area contributed by atoms with Gasteiger partial charge in [-0.1, -0.05) is 36.4 Å². The van der Waals surface area contributed by atoms with Gasteiger partial charge < -0.3 is 9.80 Å². The molecule has 0 saturated carbocycles. The second-order valence-electron chi connectivity index (χ2n) is 6.91. The first-order valence-corrected chi connectivity index (χ1v) is 8.83. The van der Waals surface area contributed by atoms with Crippen molar-refractivity contribution in [1.29, 1.82) is 0 Å². The fourth-order valence-corrected chi connectivity index (χ4v) is 3.20. The quantitative estimate of drug-likeness (QED) is 0.777. The number of carbonyl (C=O) groups is 2. The minimum absolute atomic E-state index is 0.0504. The van der Waals surface area contributed by atoms with Gasteiger partial charge in [0.15, 0.2) is 0 Å². The lowest BCUT2D eigenvalue weighted by molar-refractivity contribution is -0.113. The number of aryl methyl sites for hydroxylation is 1. The maximum Gasteiger partial charge on any atom is 0.253 e. The van der Waals surface area contributed by atoms with Gasteiger partial charge in [-0.05, 0) is 55.2 Å². The second-order valence-corrected chi connectivity index (χ2v) is 6.91. The van der Waals surface area contributed by atoms with E-state index in [1.807, 2.05) is 4.90 Å². The van der Waals surface area contributed by atoms with Gasteiger partial charge in [0.1, 0.15) is 0 Å². The largest absolute Gasteiger partial charge is 0.338 e. The fourth-order valence-electron chi connectivity index (χ4n) is 3.20. The molecule has 1 saturated heterocycles. The third-order valence-electron chi connectivity index (χ3n) is 4.90. The summed E-state index contributed by atoms with van der Waals surface area (Å²) in [6, 6.07) is 15.7. The standard InChI is InChI=1S/C22H24N2O2/c1-4-21(25)23(3)20-11-9-19(10-12-20)22(26)24-14-18(15-24)13-17-7-5-16(2)6-8-17/h4-12,18H,1,13-15H2,2-3H3. The van der Waals surface area contributed by atoms with Crippen LogP contribution in [-0.2, 0) is 11.2 Å². The van der Waals surface area contributed by atoms with E-state index in [4.69, 9.17) is 0 Å². The van der Waals surface area contributed by atoms with E-state index < -0.39 is 0 Å². The third-order valence-corrected chi connectivity index (χ3v) is 4.90. The molecule has 4 heteroatoms. The van der Waals surface area contributed by atoms with Crippen LogP contribution < -0.4 is 4.90 Å². The van der Waals surface area contributed by atoms with Crippen molar-refractivity contribution in [3.8, 4) is 0 Å². The molecule has 3 rings (SSSR count). The zero-order valence-electron chi connectivity index (χ0n) is 15.3. The molecule has 0 unspecified atom stereocenters. The first-order chi connectivity index (χ1) is 12.5. The third kappa shape index (κ3) is 3.85. The van der Waals surface area contributed by atoms with Crippen LogP contribution in [-0.4, -0.2) is 36.9 Å². The molecule has 0 aromatic heterocycles. The molecule has 2 aromatic carbocycles. The molecule has 1 fully saturated rings. The van der Waals surface area contributed by atoms with E-state index in [9.17, 15) is 9.59 Å². The second kappa shape index (κ2) is 7.56. The summed E-state index contributed by atoms with van der Waals surface area (Å²) in [4.78, 5) is 27.6. The normalized spacial score (nSPS) is 13.8. The van der Waals surface area contributed by atoms with Gasteiger partial charge in [0, 0.05) is 31.4 Å². The Labute approximate surface area is 154 Å². The molecular weight excluding hydrogens is 324 g/mol. The Hall–Kier alpha value is -2.88. The first-order valence-electron chi connectivity index (χ1n) is 8.83. The summed E-state index contributed by atoms with van der Waals surface area (Å²) in [5.74, 6) is 0.400. The lowest BCUT2D eigenvalue weighted by atomic mass is 9.91. The van der Waals surface area contributed by atoms with Gasteiger partial charge in [-0.3, -0.25) is 9.59 Å². The number of hydrogen-bond donors (Lipinski definition) is 0. The summed E-state index contributed by atoms with van der Waals surface area (Å²) in [7, 11) is 1.69. The van der Waals surface area contributed by atoms with E-state index >= 15 is 0 Å². The molecule has 0 spiro atoms. The van der Waals surface area contributed by atoms with E-state index in [1.165, 1.54) is 22.1 Å². The van der Waals surface area contributed by atoms with Gasteiger partial charge >= 0.3 is 0 Å². The number of likely N-dealkylation sites (N-methyl/N-ethyl adjacent to an activating group) is 1. The summed E-state index contributed by atoms with van der Waals surface area (Å²) in [5.41, 5.74) is 3.99. The number of benzene rings is 2. The molecule has 1 heterocycles. The van der Waals surface area contributed by atoms with Crippen LogP contribution in [0.1, 0.15) is 21.5 Å². The van der Waals surface area contributed by atoms with Crippen molar-refractivity contribution in [3.63, 3.8) is 0 Å². The summed E-state index contributed by atoms with van der Waals surface area (Å²) in [6.45, 7) is 7.16. The summed E-state index contributed by atoms with van der Waals surface area (Å²) in [6.07, 6.45) is 2.28.